The Morgan fingerprint density at radius 1 is 0.923 bits per heavy atom. The Bertz CT molecular complexity index is 720. The lowest BCUT2D eigenvalue weighted by Crippen LogP contribution is -2.30. The van der Waals surface area contributed by atoms with Crippen LogP contribution in [0.1, 0.15) is 45.6 Å². The van der Waals surface area contributed by atoms with E-state index in [2.05, 4.69) is 13.8 Å². The maximum atomic E-state index is 11.8. The van der Waals surface area contributed by atoms with Crippen LogP contribution in [0.2, 0.25) is 0 Å². The summed E-state index contributed by atoms with van der Waals surface area (Å²) in [5, 5.41) is 9.01. The summed E-state index contributed by atoms with van der Waals surface area (Å²) in [4.78, 5) is 25.0. The molecule has 1 heterocycles. The normalized spacial score (nSPS) is 20.5. The zero-order chi connectivity index (χ0) is 19.3. The zero-order valence-electron chi connectivity index (χ0n) is 15.8. The van der Waals surface area contributed by atoms with E-state index in [1.807, 2.05) is 30.3 Å². The quantitative estimate of drug-likeness (QED) is 0.811. The van der Waals surface area contributed by atoms with Crippen molar-refractivity contribution in [1.29, 1.82) is 0 Å². The maximum Gasteiger partial charge on any atom is 0.237 e. The minimum atomic E-state index is -0.210. The van der Waals surface area contributed by atoms with E-state index < -0.39 is 0 Å². The number of anilines is 1. The molecule has 0 aromatic heterocycles. The second-order valence-electron chi connectivity index (χ2n) is 6.83. The van der Waals surface area contributed by atoms with E-state index in [4.69, 9.17) is 5.11 Å². The van der Waals surface area contributed by atoms with Crippen molar-refractivity contribution < 1.29 is 14.7 Å². The smallest absolute Gasteiger partial charge is 0.237 e. The molecule has 0 saturated carbocycles. The van der Waals surface area contributed by atoms with Gasteiger partial charge in [0, 0.05) is 11.8 Å². The third kappa shape index (κ3) is 4.31. The Hall–Kier alpha value is -2.62. The van der Waals surface area contributed by atoms with Gasteiger partial charge in [0.2, 0.25) is 11.8 Å². The fourth-order valence-corrected chi connectivity index (χ4v) is 2.81. The summed E-state index contributed by atoms with van der Waals surface area (Å²) < 4.78 is 0. The van der Waals surface area contributed by atoms with Gasteiger partial charge in [0.05, 0.1) is 5.69 Å². The number of nitrogens with zero attached hydrogens (tertiary/aromatic N) is 1. The number of para-hydroxylation sites is 1. The summed E-state index contributed by atoms with van der Waals surface area (Å²) in [7, 11) is 0. The van der Waals surface area contributed by atoms with Crippen LogP contribution in [-0.4, -0.2) is 16.9 Å². The fraction of sp³-hybridized carbons (Fsp3) is 0.364. The number of carbonyl (C=O) groups is 2. The van der Waals surface area contributed by atoms with E-state index in [-0.39, 0.29) is 23.7 Å². The first-order valence-electron chi connectivity index (χ1n) is 9.08. The molecule has 1 aliphatic rings. The van der Waals surface area contributed by atoms with E-state index >= 15 is 0 Å². The molecule has 4 nitrogen and oxygen atoms in total. The molecule has 0 radical (unpaired) electrons. The van der Waals surface area contributed by atoms with Crippen LogP contribution in [0.4, 0.5) is 5.69 Å². The lowest BCUT2D eigenvalue weighted by atomic mass is 9.99. The van der Waals surface area contributed by atoms with Gasteiger partial charge in [0.15, 0.2) is 0 Å². The fourth-order valence-electron chi connectivity index (χ4n) is 2.81. The number of carbonyl (C=O) groups excluding carboxylic acids is 2. The molecule has 0 spiro atoms. The van der Waals surface area contributed by atoms with Crippen molar-refractivity contribution in [2.24, 2.45) is 11.8 Å². The van der Waals surface area contributed by atoms with Crippen LogP contribution in [0.3, 0.4) is 0 Å². The highest BCUT2D eigenvalue weighted by Crippen LogP contribution is 2.29. The topological polar surface area (TPSA) is 57.6 Å². The highest BCUT2D eigenvalue weighted by atomic mass is 16.3. The van der Waals surface area contributed by atoms with Crippen molar-refractivity contribution in [2.75, 3.05) is 4.90 Å². The molecule has 3 unspecified atom stereocenters. The van der Waals surface area contributed by atoms with Gasteiger partial charge in [0.25, 0.3) is 0 Å². The number of rotatable bonds is 3. The molecule has 138 valence electrons. The van der Waals surface area contributed by atoms with Crippen LogP contribution in [0.25, 0.3) is 0 Å². The molecule has 4 heteroatoms. The standard InChI is InChI=1S/C12H13NO2.C10H14O/c1-8-9(2)12(15)13(11(8)14)10-6-4-3-5-7-10;1-3-8(2)9-4-6-10(11)7-5-9/h3-9H,1-2H3;4-8,11H,3H2,1-2H3. The summed E-state index contributed by atoms with van der Waals surface area (Å²) in [5.41, 5.74) is 1.97. The number of phenolic OH excluding ortho intramolecular Hbond substituents is 1. The van der Waals surface area contributed by atoms with Gasteiger partial charge in [0.1, 0.15) is 5.75 Å². The largest absolute Gasteiger partial charge is 0.508 e. The Labute approximate surface area is 155 Å². The average Bonchev–Trinajstić information content (AvgIpc) is 2.86. The van der Waals surface area contributed by atoms with Crippen molar-refractivity contribution >= 4 is 17.5 Å². The van der Waals surface area contributed by atoms with Crippen molar-refractivity contribution in [3.63, 3.8) is 0 Å². The number of hydrogen-bond acceptors (Lipinski definition) is 3. The van der Waals surface area contributed by atoms with Crippen molar-refractivity contribution in [3.05, 3.63) is 60.2 Å². The first kappa shape index (κ1) is 19.7. The van der Waals surface area contributed by atoms with Gasteiger partial charge in [-0.15, -0.1) is 0 Å². The van der Waals surface area contributed by atoms with Crippen LogP contribution in [0.5, 0.6) is 5.75 Å². The highest BCUT2D eigenvalue weighted by Gasteiger charge is 2.42. The molecule has 3 rings (SSSR count). The number of phenols is 1. The second kappa shape index (κ2) is 8.65. The summed E-state index contributed by atoms with van der Waals surface area (Å²) in [5.74, 6) is 0.320. The van der Waals surface area contributed by atoms with Crippen LogP contribution < -0.4 is 4.90 Å². The molecule has 2 amide bonds. The monoisotopic (exact) mass is 353 g/mol. The van der Waals surface area contributed by atoms with Crippen LogP contribution in [0.15, 0.2) is 54.6 Å². The zero-order valence-corrected chi connectivity index (χ0v) is 15.8. The SMILES string of the molecule is CC1C(=O)N(c2ccccc2)C(=O)C1C.CCC(C)c1ccc(O)cc1. The van der Waals surface area contributed by atoms with Gasteiger partial charge in [-0.1, -0.05) is 58.0 Å². The molecule has 0 aliphatic carbocycles. The molecule has 26 heavy (non-hydrogen) atoms. The molecule has 1 aliphatic heterocycles. The van der Waals surface area contributed by atoms with E-state index in [1.165, 1.54) is 10.5 Å². The average molecular weight is 353 g/mol. The predicted molar refractivity (Wildman–Crippen MR) is 104 cm³/mol. The van der Waals surface area contributed by atoms with Crippen LogP contribution in [0, 0.1) is 11.8 Å². The second-order valence-corrected chi connectivity index (χ2v) is 6.83. The van der Waals surface area contributed by atoms with Crippen molar-refractivity contribution in [2.45, 2.75) is 40.0 Å². The van der Waals surface area contributed by atoms with Gasteiger partial charge >= 0.3 is 0 Å². The first-order chi connectivity index (χ1) is 12.4. The molecule has 2 aromatic carbocycles. The molecule has 0 bridgehead atoms. The maximum absolute atomic E-state index is 11.8. The number of imide groups is 1. The lowest BCUT2D eigenvalue weighted by Gasteiger charge is -2.13. The third-order valence-electron chi connectivity index (χ3n) is 5.06. The Kier molecular flexibility index (Phi) is 6.56. The molecule has 3 atom stereocenters. The molecule has 1 N–H and O–H groups in total. The minimum absolute atomic E-state index is 0.0984. The molecular weight excluding hydrogens is 326 g/mol. The van der Waals surface area contributed by atoms with Gasteiger partial charge in [-0.25, -0.2) is 0 Å². The molecule has 2 aromatic rings. The van der Waals surface area contributed by atoms with E-state index in [1.54, 1.807) is 38.1 Å². The van der Waals surface area contributed by atoms with Crippen LogP contribution in [-0.2, 0) is 9.59 Å². The summed E-state index contributed by atoms with van der Waals surface area (Å²) in [6, 6.07) is 16.5. The number of hydrogen-bond donors (Lipinski definition) is 1. The van der Waals surface area contributed by atoms with Crippen LogP contribution >= 0.6 is 0 Å². The van der Waals surface area contributed by atoms with E-state index in [0.29, 0.717) is 17.4 Å². The Balaban J connectivity index is 0.000000197. The van der Waals surface area contributed by atoms with Gasteiger partial charge in [-0.05, 0) is 42.2 Å². The highest BCUT2D eigenvalue weighted by molar-refractivity contribution is 6.21. The van der Waals surface area contributed by atoms with Gasteiger partial charge in [-0.2, -0.15) is 0 Å². The predicted octanol–water partition coefficient (Wildman–Crippen LogP) is 4.74. The number of amides is 2. The Morgan fingerprint density at radius 3 is 1.88 bits per heavy atom. The minimum Gasteiger partial charge on any atom is -0.508 e. The lowest BCUT2D eigenvalue weighted by molar-refractivity contribution is -0.122. The van der Waals surface area contributed by atoms with E-state index in [9.17, 15) is 9.59 Å². The summed E-state index contributed by atoms with van der Waals surface area (Å²) in [6.07, 6.45) is 1.14. The summed E-state index contributed by atoms with van der Waals surface area (Å²) in [6.45, 7) is 7.95. The molecule has 1 fully saturated rings. The number of aromatic hydroxyl groups is 1. The summed E-state index contributed by atoms with van der Waals surface area (Å²) >= 11 is 0. The molecular formula is C22H27NO3. The van der Waals surface area contributed by atoms with E-state index in [0.717, 1.165) is 6.42 Å². The molecule has 1 saturated heterocycles. The van der Waals surface area contributed by atoms with Crippen molar-refractivity contribution in [1.82, 2.24) is 0 Å². The van der Waals surface area contributed by atoms with Gasteiger partial charge in [-0.3, -0.25) is 14.5 Å². The number of benzene rings is 2. The van der Waals surface area contributed by atoms with Gasteiger partial charge < -0.3 is 5.11 Å². The first-order valence-corrected chi connectivity index (χ1v) is 9.08. The Morgan fingerprint density at radius 2 is 1.42 bits per heavy atom. The third-order valence-corrected chi connectivity index (χ3v) is 5.06. The van der Waals surface area contributed by atoms with Crippen molar-refractivity contribution in [3.8, 4) is 5.75 Å².